The van der Waals surface area contributed by atoms with Crippen LogP contribution in [0, 0.1) is 5.92 Å². The zero-order chi connectivity index (χ0) is 26.7. The van der Waals surface area contributed by atoms with Gasteiger partial charge in [0.25, 0.3) is 0 Å². The van der Waals surface area contributed by atoms with Gasteiger partial charge < -0.3 is 24.3 Å². The minimum atomic E-state index is -3.95. The monoisotopic (exact) mass is 594 g/mol. The van der Waals surface area contributed by atoms with E-state index >= 15 is 0 Å². The molecule has 0 saturated heterocycles. The molecule has 2 aromatic heterocycles. The molecule has 4 rings (SSSR count). The fourth-order valence-corrected chi connectivity index (χ4v) is 5.82. The summed E-state index contributed by atoms with van der Waals surface area (Å²) in [7, 11) is 0.320. The van der Waals surface area contributed by atoms with Crippen LogP contribution in [0.1, 0.15) is 19.4 Å². The predicted octanol–water partition coefficient (Wildman–Crippen LogP) is 3.99. The Morgan fingerprint density at radius 1 is 1.27 bits per heavy atom. The number of ether oxygens (including phenoxy) is 2. The van der Waals surface area contributed by atoms with Crippen LogP contribution in [0.15, 0.2) is 47.2 Å². The van der Waals surface area contributed by atoms with E-state index < -0.39 is 19.8 Å². The molecule has 12 nitrogen and oxygen atoms in total. The highest BCUT2D eigenvalue weighted by Crippen LogP contribution is 2.53. The third-order valence-electron chi connectivity index (χ3n) is 6.08. The molecule has 4 atom stereocenters. The van der Waals surface area contributed by atoms with Crippen molar-refractivity contribution in [3.8, 4) is 11.6 Å². The van der Waals surface area contributed by atoms with Gasteiger partial charge in [-0.25, -0.2) is 9.55 Å². The first-order chi connectivity index (χ1) is 17.6. The van der Waals surface area contributed by atoms with Crippen LogP contribution in [0.3, 0.4) is 0 Å². The van der Waals surface area contributed by atoms with Crippen molar-refractivity contribution in [2.75, 3.05) is 33.6 Å². The van der Waals surface area contributed by atoms with E-state index in [4.69, 9.17) is 24.3 Å². The van der Waals surface area contributed by atoms with E-state index in [1.165, 1.54) is 25.9 Å². The number of hydrogen-bond donors (Lipinski definition) is 1. The lowest BCUT2D eigenvalue weighted by atomic mass is 10.1. The molecular weight excluding hydrogens is 567 g/mol. The SMILES string of the molecule is COC(=O)[C@H](C)N(C)P(=O)(OC[C@@H]1C=C[C@H](n2cnc3c(OC)nc(N)nc32)C1)Oc1ccc(Br)cc1. The molecule has 0 spiro atoms. The Balaban J connectivity index is 1.50. The molecule has 198 valence electrons. The summed E-state index contributed by atoms with van der Waals surface area (Å²) in [4.78, 5) is 24.9. The van der Waals surface area contributed by atoms with Crippen molar-refractivity contribution < 1.29 is 27.9 Å². The standard InChI is InChI=1S/C23H28BrN6O6P/c1-14(22(31)34-4)29(2)37(32,36-18-9-6-16(24)7-10-18)35-12-15-5-8-17(11-15)30-13-26-19-20(30)27-23(25)28-21(19)33-3/h5-10,13-15,17H,11-12H2,1-4H3,(H2,25,27,28)/t14-,15+,17-,37?/m0/s1. The number of fused-ring (bicyclic) bond motifs is 1. The van der Waals surface area contributed by atoms with E-state index in [1.807, 2.05) is 16.7 Å². The molecular formula is C23H28BrN6O6P. The van der Waals surface area contributed by atoms with Crippen LogP contribution in [0.2, 0.25) is 0 Å². The van der Waals surface area contributed by atoms with Gasteiger partial charge in [0.1, 0.15) is 11.8 Å². The maximum Gasteiger partial charge on any atom is 0.461 e. The Morgan fingerprint density at radius 2 is 2.00 bits per heavy atom. The number of rotatable bonds is 10. The van der Waals surface area contributed by atoms with Gasteiger partial charge in [-0.1, -0.05) is 28.1 Å². The number of halogens is 1. The van der Waals surface area contributed by atoms with Gasteiger partial charge in [-0.05, 0) is 44.7 Å². The van der Waals surface area contributed by atoms with Crippen molar-refractivity contribution >= 4 is 46.8 Å². The van der Waals surface area contributed by atoms with Crippen molar-refractivity contribution in [2.24, 2.45) is 5.92 Å². The van der Waals surface area contributed by atoms with Gasteiger partial charge in [0.2, 0.25) is 11.8 Å². The van der Waals surface area contributed by atoms with Crippen LogP contribution >= 0.6 is 23.7 Å². The van der Waals surface area contributed by atoms with Crippen molar-refractivity contribution in [1.82, 2.24) is 24.2 Å². The lowest BCUT2D eigenvalue weighted by molar-refractivity contribution is -0.144. The second kappa shape index (κ2) is 11.2. The third-order valence-corrected chi connectivity index (χ3v) is 8.65. The summed E-state index contributed by atoms with van der Waals surface area (Å²) in [5.41, 5.74) is 6.90. The second-order valence-corrected chi connectivity index (χ2v) is 11.4. The topological polar surface area (TPSA) is 144 Å². The number of nitrogens with zero attached hydrogens (tertiary/aromatic N) is 5. The van der Waals surface area contributed by atoms with Crippen LogP contribution in [-0.2, 0) is 18.6 Å². The number of hydrogen-bond acceptors (Lipinski definition) is 10. The fourth-order valence-electron chi connectivity index (χ4n) is 3.91. The summed E-state index contributed by atoms with van der Waals surface area (Å²) in [6.45, 7) is 1.66. The van der Waals surface area contributed by atoms with Crippen molar-refractivity contribution in [2.45, 2.75) is 25.4 Å². The quantitative estimate of drug-likeness (QED) is 0.206. The lowest BCUT2D eigenvalue weighted by Crippen LogP contribution is -2.36. The number of methoxy groups -OCH3 is 2. The number of nitrogen functional groups attached to an aromatic ring is 1. The number of imidazole rings is 1. The van der Waals surface area contributed by atoms with Crippen LogP contribution in [-0.4, -0.2) is 64.1 Å². The molecule has 0 radical (unpaired) electrons. The van der Waals surface area contributed by atoms with Gasteiger partial charge in [0.05, 0.1) is 33.2 Å². The maximum atomic E-state index is 14.0. The van der Waals surface area contributed by atoms with Gasteiger partial charge >= 0.3 is 13.7 Å². The lowest BCUT2D eigenvalue weighted by Gasteiger charge is -2.30. The molecule has 0 amide bonds. The van der Waals surface area contributed by atoms with Gasteiger partial charge in [0, 0.05) is 10.4 Å². The predicted molar refractivity (Wildman–Crippen MR) is 140 cm³/mol. The normalized spacial score (nSPS) is 19.6. The van der Waals surface area contributed by atoms with Crippen LogP contribution in [0.4, 0.5) is 5.95 Å². The van der Waals surface area contributed by atoms with E-state index in [1.54, 1.807) is 37.5 Å². The van der Waals surface area contributed by atoms with E-state index in [0.717, 1.165) is 4.47 Å². The highest BCUT2D eigenvalue weighted by Gasteiger charge is 2.40. The number of anilines is 1. The van der Waals surface area contributed by atoms with Crippen LogP contribution in [0.25, 0.3) is 11.2 Å². The molecule has 0 aliphatic heterocycles. The number of carbonyl (C=O) groups is 1. The molecule has 1 unspecified atom stereocenters. The summed E-state index contributed by atoms with van der Waals surface area (Å²) >= 11 is 3.37. The highest BCUT2D eigenvalue weighted by molar-refractivity contribution is 9.10. The maximum absolute atomic E-state index is 14.0. The number of esters is 1. The Bertz CT molecular complexity index is 1350. The smallest absolute Gasteiger partial charge is 0.461 e. The van der Waals surface area contributed by atoms with E-state index in [-0.39, 0.29) is 24.5 Å². The molecule has 0 fully saturated rings. The minimum absolute atomic E-state index is 0.0850. The number of benzene rings is 1. The Hall–Kier alpha value is -2.99. The molecule has 37 heavy (non-hydrogen) atoms. The summed E-state index contributed by atoms with van der Waals surface area (Å²) in [5, 5.41) is 0. The largest absolute Gasteiger partial charge is 0.479 e. The fraction of sp³-hybridized carbons (Fsp3) is 0.391. The molecule has 1 aliphatic carbocycles. The first-order valence-electron chi connectivity index (χ1n) is 11.4. The first-order valence-corrected chi connectivity index (χ1v) is 13.7. The molecule has 1 aromatic carbocycles. The highest BCUT2D eigenvalue weighted by atomic mass is 79.9. The summed E-state index contributed by atoms with van der Waals surface area (Å²) in [5.74, 6) is 0.0764. The summed E-state index contributed by atoms with van der Waals surface area (Å²) < 4.78 is 39.8. The van der Waals surface area contributed by atoms with E-state index in [0.29, 0.717) is 29.2 Å². The minimum Gasteiger partial charge on any atom is -0.479 e. The Labute approximate surface area is 222 Å². The first kappa shape index (κ1) is 27.1. The molecule has 2 heterocycles. The average molecular weight is 595 g/mol. The van der Waals surface area contributed by atoms with Crippen LogP contribution in [0.5, 0.6) is 11.6 Å². The van der Waals surface area contributed by atoms with Gasteiger partial charge in [-0.3, -0.25) is 9.32 Å². The Morgan fingerprint density at radius 3 is 2.68 bits per heavy atom. The summed E-state index contributed by atoms with van der Waals surface area (Å²) in [6, 6.07) is 5.89. The number of nitrogens with two attached hydrogens (primary N) is 1. The zero-order valence-corrected chi connectivity index (χ0v) is 23.3. The summed E-state index contributed by atoms with van der Waals surface area (Å²) in [6.07, 6.45) is 6.27. The van der Waals surface area contributed by atoms with E-state index in [9.17, 15) is 9.36 Å². The molecule has 0 bridgehead atoms. The Kier molecular flexibility index (Phi) is 8.17. The average Bonchev–Trinajstić information content (AvgIpc) is 3.54. The zero-order valence-electron chi connectivity index (χ0n) is 20.8. The van der Waals surface area contributed by atoms with E-state index in [2.05, 4.69) is 30.9 Å². The molecule has 2 N–H and O–H groups in total. The van der Waals surface area contributed by atoms with Gasteiger partial charge in [-0.2, -0.15) is 14.6 Å². The van der Waals surface area contributed by atoms with Crippen molar-refractivity contribution in [3.05, 3.63) is 47.2 Å². The molecule has 1 aliphatic rings. The third kappa shape index (κ3) is 5.80. The molecule has 14 heteroatoms. The van der Waals surface area contributed by atoms with Crippen LogP contribution < -0.4 is 15.0 Å². The van der Waals surface area contributed by atoms with Crippen molar-refractivity contribution in [1.29, 1.82) is 0 Å². The number of aromatic nitrogens is 4. The second-order valence-electron chi connectivity index (χ2n) is 8.45. The van der Waals surface area contributed by atoms with Gasteiger partial charge in [0.15, 0.2) is 11.2 Å². The van der Waals surface area contributed by atoms with Crippen molar-refractivity contribution in [3.63, 3.8) is 0 Å². The molecule has 3 aromatic rings. The molecule has 0 saturated carbocycles. The number of likely N-dealkylation sites (N-methyl/N-ethyl adjacent to an activating group) is 1. The van der Waals surface area contributed by atoms with Gasteiger partial charge in [-0.15, -0.1) is 0 Å². The number of allylic oxidation sites excluding steroid dienone is 1. The number of carbonyl (C=O) groups excluding carboxylic acids is 1.